The molecule has 0 spiro atoms. The van der Waals surface area contributed by atoms with Gasteiger partial charge in [-0.15, -0.1) is 0 Å². The van der Waals surface area contributed by atoms with Gasteiger partial charge in [0.2, 0.25) is 5.91 Å². The summed E-state index contributed by atoms with van der Waals surface area (Å²) in [5.74, 6) is -0.389. The van der Waals surface area contributed by atoms with E-state index in [4.69, 9.17) is 0 Å². The van der Waals surface area contributed by atoms with Crippen molar-refractivity contribution in [3.63, 3.8) is 0 Å². The molecule has 0 unspecified atom stereocenters. The minimum atomic E-state index is -0.677. The lowest BCUT2D eigenvalue weighted by Gasteiger charge is -2.34. The number of likely N-dealkylation sites (N-methyl/N-ethyl adjacent to an activating group) is 1. The predicted molar refractivity (Wildman–Crippen MR) is 147 cm³/mol. The number of nitrogens with zero attached hydrogens (tertiary/aromatic N) is 3. The first kappa shape index (κ1) is 26.6. The normalized spacial score (nSPS) is 14.5. The molecule has 0 radical (unpaired) electrons. The summed E-state index contributed by atoms with van der Waals surface area (Å²) < 4.78 is 0. The second-order valence-electron chi connectivity index (χ2n) is 9.97. The van der Waals surface area contributed by atoms with Gasteiger partial charge in [-0.2, -0.15) is 5.10 Å². The Labute approximate surface area is 222 Å². The zero-order valence-corrected chi connectivity index (χ0v) is 22.0. The molecule has 2 aromatic carbocycles. The van der Waals surface area contributed by atoms with Crippen molar-refractivity contribution in [2.75, 3.05) is 31.3 Å². The fourth-order valence-corrected chi connectivity index (χ4v) is 4.57. The molecule has 1 atom stereocenters. The molecule has 4 rings (SSSR count). The van der Waals surface area contributed by atoms with Gasteiger partial charge in [0.25, 0.3) is 5.91 Å². The minimum Gasteiger partial charge on any atom is -0.330 e. The Balaban J connectivity index is 1.50. The highest BCUT2D eigenvalue weighted by molar-refractivity contribution is 6.06. The van der Waals surface area contributed by atoms with Crippen LogP contribution in [0, 0.1) is 0 Å². The molecule has 3 aromatic rings. The van der Waals surface area contributed by atoms with Crippen molar-refractivity contribution in [2.24, 2.45) is 0 Å². The van der Waals surface area contributed by atoms with Crippen molar-refractivity contribution < 1.29 is 14.4 Å². The SMILES string of the molecule is C=CC(=O)Nc1cccc(C(=O)Nc2n[nH]c3c2CN(C(=O)N[C@H](CN(C)C)c2ccccc2)C3(C)C)c1. The van der Waals surface area contributed by atoms with Crippen LogP contribution >= 0.6 is 0 Å². The maximum atomic E-state index is 13.5. The van der Waals surface area contributed by atoms with Gasteiger partial charge in [-0.3, -0.25) is 14.7 Å². The second-order valence-corrected chi connectivity index (χ2v) is 9.97. The van der Waals surface area contributed by atoms with Crippen LogP contribution in [-0.2, 0) is 16.9 Å². The van der Waals surface area contributed by atoms with Crippen LogP contribution in [0.3, 0.4) is 0 Å². The Hall–Kier alpha value is -4.44. The predicted octanol–water partition coefficient (Wildman–Crippen LogP) is 3.85. The Morgan fingerprint density at radius 3 is 2.55 bits per heavy atom. The Morgan fingerprint density at radius 2 is 1.87 bits per heavy atom. The van der Waals surface area contributed by atoms with Crippen molar-refractivity contribution in [1.29, 1.82) is 0 Å². The summed E-state index contributed by atoms with van der Waals surface area (Å²) in [6.07, 6.45) is 1.16. The number of aromatic amines is 1. The summed E-state index contributed by atoms with van der Waals surface area (Å²) in [5, 5.41) is 16.0. The highest BCUT2D eigenvalue weighted by Crippen LogP contribution is 2.40. The Morgan fingerprint density at radius 1 is 1.13 bits per heavy atom. The van der Waals surface area contributed by atoms with E-state index in [-0.39, 0.29) is 30.4 Å². The standard InChI is InChI=1S/C28H33N7O3/c1-6-23(36)29-20-14-10-13-19(15-20)26(37)31-25-21-16-35(28(2,3)24(21)32-33-25)27(38)30-22(17-34(4)5)18-11-8-7-9-12-18/h6-15,22H,1,16-17H2,2-5H3,(H,29,36)(H,30,38)(H2,31,32,33,37)/t22-/m1/s1. The smallest absolute Gasteiger partial charge is 0.319 e. The van der Waals surface area contributed by atoms with E-state index in [1.165, 1.54) is 0 Å². The first-order chi connectivity index (χ1) is 18.1. The number of benzene rings is 2. The van der Waals surface area contributed by atoms with Crippen LogP contribution in [0.1, 0.15) is 47.1 Å². The van der Waals surface area contributed by atoms with Crippen LogP contribution in [0.4, 0.5) is 16.3 Å². The van der Waals surface area contributed by atoms with Gasteiger partial charge in [-0.05, 0) is 57.8 Å². The van der Waals surface area contributed by atoms with Gasteiger partial charge in [-0.25, -0.2) is 4.79 Å². The number of aromatic nitrogens is 2. The molecular formula is C28H33N7O3. The molecule has 1 aliphatic rings. The fraction of sp³-hybridized carbons (Fsp3) is 0.286. The minimum absolute atomic E-state index is 0.195. The molecule has 10 nitrogen and oxygen atoms in total. The topological polar surface area (TPSA) is 122 Å². The largest absolute Gasteiger partial charge is 0.330 e. The number of carbonyl (C=O) groups is 3. The first-order valence-corrected chi connectivity index (χ1v) is 12.3. The lowest BCUT2D eigenvalue weighted by atomic mass is 10.0. The zero-order chi connectivity index (χ0) is 27.4. The number of amides is 4. The van der Waals surface area contributed by atoms with Gasteiger partial charge in [0, 0.05) is 23.4 Å². The number of carbonyl (C=O) groups excluding carboxylic acids is 3. The van der Waals surface area contributed by atoms with Crippen molar-refractivity contribution in [3.8, 4) is 0 Å². The molecule has 4 amide bonds. The van der Waals surface area contributed by atoms with Crippen LogP contribution in [0.15, 0.2) is 67.3 Å². The number of urea groups is 1. The highest BCUT2D eigenvalue weighted by atomic mass is 16.2. The quantitative estimate of drug-likeness (QED) is 0.340. The van der Waals surface area contributed by atoms with Gasteiger partial charge in [0.15, 0.2) is 5.82 Å². The summed E-state index contributed by atoms with van der Waals surface area (Å²) >= 11 is 0. The Kier molecular flexibility index (Phi) is 7.63. The number of hydrogen-bond donors (Lipinski definition) is 4. The van der Waals surface area contributed by atoms with E-state index < -0.39 is 5.54 Å². The number of nitrogens with one attached hydrogen (secondary N) is 4. The van der Waals surface area contributed by atoms with Gasteiger partial charge < -0.3 is 25.8 Å². The molecule has 10 heteroatoms. The van der Waals surface area contributed by atoms with Crippen molar-refractivity contribution in [2.45, 2.75) is 32.0 Å². The number of anilines is 2. The van der Waals surface area contributed by atoms with Crippen molar-refractivity contribution in [3.05, 3.63) is 89.6 Å². The van der Waals surface area contributed by atoms with E-state index in [0.29, 0.717) is 23.6 Å². The van der Waals surface area contributed by atoms with Crippen LogP contribution in [-0.4, -0.2) is 58.5 Å². The van der Waals surface area contributed by atoms with E-state index in [1.54, 1.807) is 29.2 Å². The maximum Gasteiger partial charge on any atom is 0.319 e. The summed E-state index contributed by atoms with van der Waals surface area (Å²) in [6.45, 7) is 8.24. The molecule has 0 saturated heterocycles. The molecule has 0 fully saturated rings. The first-order valence-electron chi connectivity index (χ1n) is 12.3. The molecule has 38 heavy (non-hydrogen) atoms. The van der Waals surface area contributed by atoms with Crippen molar-refractivity contribution in [1.82, 2.24) is 25.3 Å². The third-order valence-corrected chi connectivity index (χ3v) is 6.57. The summed E-state index contributed by atoms with van der Waals surface area (Å²) in [7, 11) is 3.94. The Bertz CT molecular complexity index is 1350. The third-order valence-electron chi connectivity index (χ3n) is 6.57. The van der Waals surface area contributed by atoms with E-state index >= 15 is 0 Å². The van der Waals surface area contributed by atoms with Gasteiger partial charge in [0.1, 0.15) is 0 Å². The molecule has 0 aliphatic carbocycles. The lowest BCUT2D eigenvalue weighted by Crippen LogP contribution is -2.48. The summed E-state index contributed by atoms with van der Waals surface area (Å²) in [5.41, 5.74) is 2.68. The maximum absolute atomic E-state index is 13.5. The van der Waals surface area contributed by atoms with Crippen LogP contribution in [0.5, 0.6) is 0 Å². The highest BCUT2D eigenvalue weighted by Gasteiger charge is 2.44. The van der Waals surface area contributed by atoms with Gasteiger partial charge in [0.05, 0.1) is 23.8 Å². The van der Waals surface area contributed by atoms with Gasteiger partial charge in [-0.1, -0.05) is 43.0 Å². The monoisotopic (exact) mass is 515 g/mol. The molecule has 0 bridgehead atoms. The molecule has 1 aliphatic heterocycles. The zero-order valence-electron chi connectivity index (χ0n) is 22.0. The van der Waals surface area contributed by atoms with Crippen LogP contribution < -0.4 is 16.0 Å². The number of rotatable bonds is 8. The number of hydrogen-bond acceptors (Lipinski definition) is 5. The van der Waals surface area contributed by atoms with E-state index in [2.05, 4.69) is 32.7 Å². The number of H-pyrrole nitrogens is 1. The van der Waals surface area contributed by atoms with Gasteiger partial charge >= 0.3 is 6.03 Å². The third kappa shape index (κ3) is 5.60. The second kappa shape index (κ2) is 10.9. The molecular weight excluding hydrogens is 482 g/mol. The molecule has 198 valence electrons. The molecule has 0 saturated carbocycles. The average Bonchev–Trinajstić information content (AvgIpc) is 3.41. The average molecular weight is 516 g/mol. The summed E-state index contributed by atoms with van der Waals surface area (Å²) in [4.78, 5) is 41.9. The van der Waals surface area contributed by atoms with Crippen LogP contribution in [0.25, 0.3) is 0 Å². The molecule has 4 N–H and O–H groups in total. The lowest BCUT2D eigenvalue weighted by molar-refractivity contribution is -0.111. The van der Waals surface area contributed by atoms with E-state index in [9.17, 15) is 14.4 Å². The fourth-order valence-electron chi connectivity index (χ4n) is 4.57. The van der Waals surface area contributed by atoms with Crippen molar-refractivity contribution >= 4 is 29.4 Å². The molecule has 1 aromatic heterocycles. The molecule has 2 heterocycles. The van der Waals surface area contributed by atoms with E-state index in [1.807, 2.05) is 63.2 Å². The van der Waals surface area contributed by atoms with E-state index in [0.717, 1.165) is 22.9 Å². The summed E-state index contributed by atoms with van der Waals surface area (Å²) in [6, 6.07) is 16.0. The van der Waals surface area contributed by atoms with Crippen LogP contribution in [0.2, 0.25) is 0 Å². The number of fused-ring (bicyclic) bond motifs is 1.